The Labute approximate surface area is 152 Å². The Balaban J connectivity index is 1.68. The Morgan fingerprint density at radius 3 is 2.50 bits per heavy atom. The Morgan fingerprint density at radius 2 is 1.81 bits per heavy atom. The number of amides is 1. The van der Waals surface area contributed by atoms with Gasteiger partial charge in [0.1, 0.15) is 5.82 Å². The normalized spacial score (nSPS) is 19.4. The maximum atomic E-state index is 13.8. The van der Waals surface area contributed by atoms with Crippen LogP contribution >= 0.6 is 0 Å². The summed E-state index contributed by atoms with van der Waals surface area (Å²) in [5.74, 6) is -0.869. The van der Waals surface area contributed by atoms with Gasteiger partial charge in [0.2, 0.25) is 15.9 Å². The average molecular weight is 376 g/mol. The third-order valence-corrected chi connectivity index (χ3v) is 6.53. The molecule has 1 aliphatic carbocycles. The lowest BCUT2D eigenvalue weighted by Crippen LogP contribution is -2.28. The number of halogens is 1. The van der Waals surface area contributed by atoms with Crippen LogP contribution < -0.4 is 5.32 Å². The van der Waals surface area contributed by atoms with Crippen molar-refractivity contribution in [2.45, 2.75) is 23.8 Å². The zero-order chi connectivity index (χ0) is 18.9. The Bertz CT molecular complexity index is 928. The zero-order valence-electron chi connectivity index (χ0n) is 14.6. The molecule has 5 nitrogen and oxygen atoms in total. The second kappa shape index (κ2) is 7.17. The van der Waals surface area contributed by atoms with E-state index in [1.165, 1.54) is 26.2 Å². The second-order valence-corrected chi connectivity index (χ2v) is 8.70. The molecule has 7 heteroatoms. The van der Waals surface area contributed by atoms with Crippen molar-refractivity contribution >= 4 is 15.9 Å². The first kappa shape index (κ1) is 18.5. The maximum Gasteiger partial charge on any atom is 0.242 e. The number of benzene rings is 2. The first-order valence-electron chi connectivity index (χ1n) is 8.35. The molecule has 1 amide bonds. The van der Waals surface area contributed by atoms with Crippen molar-refractivity contribution in [2.24, 2.45) is 5.92 Å². The monoisotopic (exact) mass is 376 g/mol. The molecule has 138 valence electrons. The summed E-state index contributed by atoms with van der Waals surface area (Å²) in [6, 6.07) is 13.1. The Kier molecular flexibility index (Phi) is 5.11. The Hall–Kier alpha value is -2.25. The lowest BCUT2D eigenvalue weighted by atomic mass is 10.1. The van der Waals surface area contributed by atoms with Gasteiger partial charge in [0.15, 0.2) is 0 Å². The fourth-order valence-corrected chi connectivity index (χ4v) is 4.13. The number of hydrogen-bond donors (Lipinski definition) is 1. The molecule has 1 saturated carbocycles. The molecule has 0 spiro atoms. The van der Waals surface area contributed by atoms with Crippen molar-refractivity contribution in [1.82, 2.24) is 9.62 Å². The molecule has 0 bridgehead atoms. The quantitative estimate of drug-likeness (QED) is 0.842. The fourth-order valence-electron chi connectivity index (χ4n) is 3.02. The van der Waals surface area contributed by atoms with E-state index in [2.05, 4.69) is 5.32 Å². The molecule has 26 heavy (non-hydrogen) atoms. The van der Waals surface area contributed by atoms with Gasteiger partial charge in [0.25, 0.3) is 0 Å². The van der Waals surface area contributed by atoms with Crippen LogP contribution in [0.4, 0.5) is 4.39 Å². The first-order valence-corrected chi connectivity index (χ1v) is 9.79. The summed E-state index contributed by atoms with van der Waals surface area (Å²) in [6.45, 7) is 0.114. The van der Waals surface area contributed by atoms with Gasteiger partial charge in [0, 0.05) is 26.6 Å². The summed E-state index contributed by atoms with van der Waals surface area (Å²) in [7, 11) is -0.655. The largest absolute Gasteiger partial charge is 0.352 e. The van der Waals surface area contributed by atoms with E-state index in [9.17, 15) is 17.6 Å². The highest BCUT2D eigenvalue weighted by atomic mass is 32.2. The summed E-state index contributed by atoms with van der Waals surface area (Å²) in [5.41, 5.74) is 1.08. The van der Waals surface area contributed by atoms with Gasteiger partial charge < -0.3 is 5.32 Å². The number of sulfonamides is 1. The predicted octanol–water partition coefficient (Wildman–Crippen LogP) is 2.50. The summed E-state index contributed by atoms with van der Waals surface area (Å²) in [5, 5.41) is 2.79. The van der Waals surface area contributed by atoms with Crippen molar-refractivity contribution < 1.29 is 17.6 Å². The number of nitrogens with zero attached hydrogens (tertiary/aromatic N) is 1. The van der Waals surface area contributed by atoms with Crippen molar-refractivity contribution in [3.63, 3.8) is 0 Å². The van der Waals surface area contributed by atoms with Gasteiger partial charge in [-0.15, -0.1) is 0 Å². The van der Waals surface area contributed by atoms with E-state index in [-0.39, 0.29) is 35.0 Å². The van der Waals surface area contributed by atoms with Crippen LogP contribution in [-0.4, -0.2) is 32.7 Å². The van der Waals surface area contributed by atoms with Crippen LogP contribution in [0.3, 0.4) is 0 Å². The molecular formula is C19H21FN2O3S. The molecule has 2 atom stereocenters. The molecule has 0 unspecified atom stereocenters. The molecule has 0 radical (unpaired) electrons. The van der Waals surface area contributed by atoms with Gasteiger partial charge in [-0.3, -0.25) is 4.79 Å². The van der Waals surface area contributed by atoms with Crippen molar-refractivity contribution in [2.75, 3.05) is 14.1 Å². The third kappa shape index (κ3) is 3.64. The summed E-state index contributed by atoms with van der Waals surface area (Å²) < 4.78 is 39.7. The van der Waals surface area contributed by atoms with E-state index in [1.807, 2.05) is 0 Å². The van der Waals surface area contributed by atoms with Crippen LogP contribution in [0.25, 0.3) is 0 Å². The summed E-state index contributed by atoms with van der Waals surface area (Å²) in [4.78, 5) is 12.5. The minimum Gasteiger partial charge on any atom is -0.352 e. The highest BCUT2D eigenvalue weighted by molar-refractivity contribution is 7.89. The maximum absolute atomic E-state index is 13.8. The molecule has 0 aromatic heterocycles. The second-order valence-electron chi connectivity index (χ2n) is 6.58. The van der Waals surface area contributed by atoms with Crippen LogP contribution in [0.2, 0.25) is 0 Å². The van der Waals surface area contributed by atoms with Crippen LogP contribution in [0, 0.1) is 11.7 Å². The van der Waals surface area contributed by atoms with Crippen LogP contribution in [0.1, 0.15) is 23.5 Å². The van der Waals surface area contributed by atoms with E-state index in [0.717, 1.165) is 4.31 Å². The topological polar surface area (TPSA) is 66.5 Å². The molecule has 1 N–H and O–H groups in total. The van der Waals surface area contributed by atoms with Crippen molar-refractivity contribution in [3.05, 3.63) is 65.5 Å². The van der Waals surface area contributed by atoms with Crippen LogP contribution in [0.15, 0.2) is 53.4 Å². The zero-order valence-corrected chi connectivity index (χ0v) is 15.5. The average Bonchev–Trinajstić information content (AvgIpc) is 3.40. The van der Waals surface area contributed by atoms with Gasteiger partial charge in [-0.1, -0.05) is 36.4 Å². The van der Waals surface area contributed by atoms with E-state index in [0.29, 0.717) is 17.5 Å². The van der Waals surface area contributed by atoms with Crippen LogP contribution in [-0.2, 0) is 21.4 Å². The molecule has 3 rings (SSSR count). The lowest BCUT2D eigenvalue weighted by Gasteiger charge is -2.15. The van der Waals surface area contributed by atoms with Crippen molar-refractivity contribution in [3.8, 4) is 0 Å². The van der Waals surface area contributed by atoms with Gasteiger partial charge in [-0.2, -0.15) is 0 Å². The SMILES string of the molecule is CN(C)S(=O)(=O)c1ccccc1CNC(=O)[C@@H]1C[C@@H]1c1ccccc1F. The first-order chi connectivity index (χ1) is 12.3. The standard InChI is InChI=1S/C19H21FN2O3S/c1-22(2)26(24,25)18-10-6-3-7-13(18)12-21-19(23)16-11-15(16)14-8-4-5-9-17(14)20/h3-10,15-16H,11-12H2,1-2H3,(H,21,23)/t15-,16-/m1/s1. The number of carbonyl (C=O) groups is 1. The number of carbonyl (C=O) groups excluding carboxylic acids is 1. The number of nitrogens with one attached hydrogen (secondary N) is 1. The van der Waals surface area contributed by atoms with E-state index in [4.69, 9.17) is 0 Å². The Morgan fingerprint density at radius 1 is 1.15 bits per heavy atom. The van der Waals surface area contributed by atoms with Gasteiger partial charge >= 0.3 is 0 Å². The highest BCUT2D eigenvalue weighted by Gasteiger charge is 2.45. The fraction of sp³-hybridized carbons (Fsp3) is 0.316. The molecule has 1 fully saturated rings. The smallest absolute Gasteiger partial charge is 0.242 e. The predicted molar refractivity (Wildman–Crippen MR) is 96.4 cm³/mol. The minimum absolute atomic E-state index is 0.114. The highest BCUT2D eigenvalue weighted by Crippen LogP contribution is 2.48. The molecule has 2 aromatic carbocycles. The lowest BCUT2D eigenvalue weighted by molar-refractivity contribution is -0.122. The minimum atomic E-state index is -3.59. The molecule has 0 aliphatic heterocycles. The van der Waals surface area contributed by atoms with Gasteiger partial charge in [-0.25, -0.2) is 17.1 Å². The molecule has 2 aromatic rings. The van der Waals surface area contributed by atoms with E-state index < -0.39 is 10.0 Å². The van der Waals surface area contributed by atoms with Gasteiger partial charge in [-0.05, 0) is 35.6 Å². The third-order valence-electron chi connectivity index (χ3n) is 4.62. The number of rotatable bonds is 6. The molecule has 0 heterocycles. The van der Waals surface area contributed by atoms with Crippen LogP contribution in [0.5, 0.6) is 0 Å². The van der Waals surface area contributed by atoms with E-state index >= 15 is 0 Å². The van der Waals surface area contributed by atoms with Crippen molar-refractivity contribution in [1.29, 1.82) is 0 Å². The number of hydrogen-bond acceptors (Lipinski definition) is 3. The summed E-state index contributed by atoms with van der Waals surface area (Å²) >= 11 is 0. The summed E-state index contributed by atoms with van der Waals surface area (Å²) in [6.07, 6.45) is 0.602. The molecular weight excluding hydrogens is 355 g/mol. The molecule has 0 saturated heterocycles. The van der Waals surface area contributed by atoms with Gasteiger partial charge in [0.05, 0.1) is 4.90 Å². The molecule has 1 aliphatic rings. The van der Waals surface area contributed by atoms with E-state index in [1.54, 1.807) is 36.4 Å².